The van der Waals surface area contributed by atoms with E-state index in [1.54, 1.807) is 0 Å². The van der Waals surface area contributed by atoms with Gasteiger partial charge in [0.05, 0.1) is 35.6 Å². The third-order valence-electron chi connectivity index (χ3n) is 7.03. The number of imidazole rings is 1. The molecule has 4 atom stereocenters. The monoisotopic (exact) mass is 520 g/mol. The number of fused-ring (bicyclic) bond motifs is 2. The number of hydrogen-bond donors (Lipinski definition) is 3. The number of aliphatic hydroxyl groups is 1. The molecule has 8 nitrogen and oxygen atoms in total. The fraction of sp³-hybridized carbons (Fsp3) is 0.357. The van der Waals surface area contributed by atoms with Crippen LogP contribution in [0.2, 0.25) is 5.02 Å². The number of nitrogens with zero attached hydrogens (tertiary/aromatic N) is 2. The van der Waals surface area contributed by atoms with Gasteiger partial charge in [0.25, 0.3) is 0 Å². The van der Waals surface area contributed by atoms with Gasteiger partial charge in [-0.25, -0.2) is 9.97 Å². The van der Waals surface area contributed by atoms with Crippen molar-refractivity contribution >= 4 is 22.8 Å². The molecular weight excluding hydrogens is 492 g/mol. The summed E-state index contributed by atoms with van der Waals surface area (Å²) < 4.78 is 17.2. The number of ether oxygens (including phenoxy) is 3. The van der Waals surface area contributed by atoms with Gasteiger partial charge in [-0.1, -0.05) is 48.0 Å². The molecular formula is C28H29ClN4O4. The standard InChI is InChI=1S/C28H29ClN4O4/c1-30-10-11-35-20-8-6-17(7-9-20)16-2-4-18(5-3-16)25-21(29)13-22-28(33-25)32-24(31-22)12-19-14-36-27-23(34)15-37-26(19)27/h2-9,13,19,23,26-27,30,34H,10-12,14-15H2,1H3,(H,31,32,33)/t19-,23-,26-,27-/m1/s1. The van der Waals surface area contributed by atoms with E-state index in [1.807, 2.05) is 37.4 Å². The first-order valence-corrected chi connectivity index (χ1v) is 12.9. The Hall–Kier alpha value is -3.01. The molecule has 2 aromatic carbocycles. The number of halogens is 1. The number of H-pyrrole nitrogens is 1. The van der Waals surface area contributed by atoms with Gasteiger partial charge in [-0.05, 0) is 36.4 Å². The molecule has 2 aliphatic rings. The summed E-state index contributed by atoms with van der Waals surface area (Å²) in [6, 6.07) is 18.1. The Kier molecular flexibility index (Phi) is 6.84. The summed E-state index contributed by atoms with van der Waals surface area (Å²) in [6.07, 6.45) is -0.241. The minimum Gasteiger partial charge on any atom is -0.492 e. The second-order valence-corrected chi connectivity index (χ2v) is 9.96. The molecule has 4 aromatic rings. The number of aliphatic hydroxyl groups excluding tert-OH is 1. The molecule has 2 fully saturated rings. The number of nitrogens with one attached hydrogen (secondary N) is 2. The highest BCUT2D eigenvalue weighted by molar-refractivity contribution is 6.33. The SMILES string of the molecule is CNCCOc1ccc(-c2ccc(-c3nc4nc(C[C@@H]5CO[C@H]6[C@@H]5OC[C@H]6O)[nH]c4cc3Cl)cc2)cc1. The maximum Gasteiger partial charge on any atom is 0.178 e. The number of benzene rings is 2. The molecule has 192 valence electrons. The van der Waals surface area contributed by atoms with E-state index < -0.39 is 6.10 Å². The lowest BCUT2D eigenvalue weighted by atomic mass is 9.97. The van der Waals surface area contributed by atoms with Crippen molar-refractivity contribution in [3.8, 4) is 28.1 Å². The fourth-order valence-corrected chi connectivity index (χ4v) is 5.34. The van der Waals surface area contributed by atoms with E-state index in [0.29, 0.717) is 42.6 Å². The highest BCUT2D eigenvalue weighted by Gasteiger charge is 2.47. The number of hydrogen-bond acceptors (Lipinski definition) is 7. The summed E-state index contributed by atoms with van der Waals surface area (Å²) in [7, 11) is 1.91. The number of aromatic nitrogens is 3. The fourth-order valence-electron chi connectivity index (χ4n) is 5.08. The van der Waals surface area contributed by atoms with Gasteiger partial charge in [-0.2, -0.15) is 0 Å². The van der Waals surface area contributed by atoms with Crippen LogP contribution >= 0.6 is 11.6 Å². The molecule has 0 radical (unpaired) electrons. The van der Waals surface area contributed by atoms with Gasteiger partial charge in [0.1, 0.15) is 30.4 Å². The molecule has 0 bridgehead atoms. The Morgan fingerprint density at radius 1 is 1.00 bits per heavy atom. The van der Waals surface area contributed by atoms with Crippen molar-refractivity contribution in [2.45, 2.75) is 24.7 Å². The molecule has 9 heteroatoms. The van der Waals surface area contributed by atoms with Crippen LogP contribution in [0.1, 0.15) is 5.82 Å². The molecule has 0 spiro atoms. The molecule has 2 aliphatic heterocycles. The Balaban J connectivity index is 1.18. The van der Waals surface area contributed by atoms with Gasteiger partial charge in [0, 0.05) is 24.4 Å². The predicted octanol–water partition coefficient (Wildman–Crippen LogP) is 3.86. The van der Waals surface area contributed by atoms with E-state index in [-0.39, 0.29) is 18.1 Å². The first-order valence-electron chi connectivity index (χ1n) is 12.5. The van der Waals surface area contributed by atoms with Crippen molar-refractivity contribution in [3.63, 3.8) is 0 Å². The van der Waals surface area contributed by atoms with Crippen molar-refractivity contribution in [2.75, 3.05) is 33.4 Å². The summed E-state index contributed by atoms with van der Waals surface area (Å²) in [6.45, 7) is 2.31. The smallest absolute Gasteiger partial charge is 0.178 e. The first-order chi connectivity index (χ1) is 18.1. The summed E-state index contributed by atoms with van der Waals surface area (Å²) in [5.74, 6) is 1.80. The molecule has 0 aliphatic carbocycles. The lowest BCUT2D eigenvalue weighted by Crippen LogP contribution is -2.29. The molecule has 0 amide bonds. The van der Waals surface area contributed by atoms with Gasteiger partial charge >= 0.3 is 0 Å². The van der Waals surface area contributed by atoms with Crippen LogP contribution in [0, 0.1) is 5.92 Å². The minimum absolute atomic E-state index is 0.101. The predicted molar refractivity (Wildman–Crippen MR) is 142 cm³/mol. The molecule has 3 N–H and O–H groups in total. The second kappa shape index (κ2) is 10.4. The van der Waals surface area contributed by atoms with Crippen molar-refractivity contribution in [3.05, 3.63) is 65.4 Å². The highest BCUT2D eigenvalue weighted by Crippen LogP contribution is 2.34. The van der Waals surface area contributed by atoms with Crippen LogP contribution in [-0.4, -0.2) is 71.8 Å². The molecule has 2 saturated heterocycles. The number of pyridine rings is 1. The molecule has 4 heterocycles. The van der Waals surface area contributed by atoms with Crippen molar-refractivity contribution in [1.29, 1.82) is 0 Å². The Bertz CT molecular complexity index is 1380. The van der Waals surface area contributed by atoms with Crippen LogP contribution in [0.15, 0.2) is 54.6 Å². The van der Waals surface area contributed by atoms with Gasteiger partial charge in [-0.15, -0.1) is 0 Å². The van der Waals surface area contributed by atoms with E-state index in [2.05, 4.69) is 34.6 Å². The zero-order chi connectivity index (χ0) is 25.4. The van der Waals surface area contributed by atoms with Crippen LogP contribution in [0.5, 0.6) is 5.75 Å². The quantitative estimate of drug-likeness (QED) is 0.303. The van der Waals surface area contributed by atoms with E-state index in [4.69, 9.17) is 35.8 Å². The van der Waals surface area contributed by atoms with Crippen molar-refractivity contribution < 1.29 is 19.3 Å². The van der Waals surface area contributed by atoms with Crippen LogP contribution in [0.25, 0.3) is 33.5 Å². The Morgan fingerprint density at radius 2 is 1.70 bits per heavy atom. The molecule has 0 unspecified atom stereocenters. The highest BCUT2D eigenvalue weighted by atomic mass is 35.5. The maximum atomic E-state index is 9.99. The van der Waals surface area contributed by atoms with E-state index >= 15 is 0 Å². The largest absolute Gasteiger partial charge is 0.492 e. The summed E-state index contributed by atoms with van der Waals surface area (Å²) in [5.41, 5.74) is 5.23. The minimum atomic E-state index is -0.554. The van der Waals surface area contributed by atoms with Crippen LogP contribution in [0.3, 0.4) is 0 Å². The normalized spacial score (nSPS) is 23.0. The Morgan fingerprint density at radius 3 is 2.46 bits per heavy atom. The average Bonchev–Trinajstić information content (AvgIpc) is 3.61. The number of rotatable bonds is 8. The maximum absolute atomic E-state index is 9.99. The average molecular weight is 521 g/mol. The van der Waals surface area contributed by atoms with E-state index in [1.165, 1.54) is 0 Å². The third-order valence-corrected chi connectivity index (χ3v) is 7.32. The van der Waals surface area contributed by atoms with Gasteiger partial charge in [0.2, 0.25) is 0 Å². The third kappa shape index (κ3) is 4.95. The van der Waals surface area contributed by atoms with E-state index in [9.17, 15) is 5.11 Å². The van der Waals surface area contributed by atoms with Crippen molar-refractivity contribution in [2.24, 2.45) is 5.92 Å². The zero-order valence-corrected chi connectivity index (χ0v) is 21.2. The second-order valence-electron chi connectivity index (χ2n) is 9.55. The van der Waals surface area contributed by atoms with Gasteiger partial charge in [0.15, 0.2) is 5.65 Å². The summed E-state index contributed by atoms with van der Waals surface area (Å²) >= 11 is 6.64. The van der Waals surface area contributed by atoms with Crippen LogP contribution < -0.4 is 10.1 Å². The van der Waals surface area contributed by atoms with Crippen LogP contribution in [0.4, 0.5) is 0 Å². The molecule has 6 rings (SSSR count). The first kappa shape index (κ1) is 24.3. The Labute approximate surface area is 220 Å². The topological polar surface area (TPSA) is 102 Å². The molecule has 0 saturated carbocycles. The van der Waals surface area contributed by atoms with Crippen molar-refractivity contribution in [1.82, 2.24) is 20.3 Å². The summed E-state index contributed by atoms with van der Waals surface area (Å²) in [5, 5.41) is 13.6. The number of aromatic amines is 1. The lowest BCUT2D eigenvalue weighted by Gasteiger charge is -2.14. The van der Waals surface area contributed by atoms with Gasteiger partial charge < -0.3 is 29.6 Å². The molecule has 2 aromatic heterocycles. The summed E-state index contributed by atoms with van der Waals surface area (Å²) in [4.78, 5) is 12.8. The zero-order valence-electron chi connectivity index (χ0n) is 20.5. The van der Waals surface area contributed by atoms with E-state index in [0.717, 1.165) is 40.3 Å². The lowest BCUT2D eigenvalue weighted by molar-refractivity contribution is 0.0169. The number of likely N-dealkylation sites (N-methyl/N-ethyl adjacent to an activating group) is 1. The van der Waals surface area contributed by atoms with Crippen LogP contribution in [-0.2, 0) is 15.9 Å². The molecule has 37 heavy (non-hydrogen) atoms. The van der Waals surface area contributed by atoms with Gasteiger partial charge in [-0.3, -0.25) is 0 Å².